The van der Waals surface area contributed by atoms with E-state index in [1.807, 2.05) is 44.2 Å². The molecule has 0 saturated carbocycles. The molecule has 0 radical (unpaired) electrons. The van der Waals surface area contributed by atoms with Crippen molar-refractivity contribution < 1.29 is 9.59 Å². The number of hydrogen-bond acceptors (Lipinski definition) is 2. The number of carbonyl (C=O) groups excluding carboxylic acids is 2. The summed E-state index contributed by atoms with van der Waals surface area (Å²) in [5, 5.41) is 2.85. The number of rotatable bonds is 6. The fourth-order valence-corrected chi connectivity index (χ4v) is 2.02. The molecule has 1 aromatic carbocycles. The number of hydrogen-bond donors (Lipinski definition) is 1. The normalized spacial score (nSPS) is 11.4. The molecule has 0 aliphatic rings. The predicted molar refractivity (Wildman–Crippen MR) is 76.8 cm³/mol. The third kappa shape index (κ3) is 4.19. The first-order chi connectivity index (χ1) is 8.85. The van der Waals surface area contributed by atoms with Crippen molar-refractivity contribution in [3.8, 4) is 0 Å². The van der Waals surface area contributed by atoms with Crippen LogP contribution in [0.3, 0.4) is 0 Å². The maximum absolute atomic E-state index is 12.1. The maximum Gasteiger partial charge on any atom is 0.233 e. The van der Waals surface area contributed by atoms with Gasteiger partial charge >= 0.3 is 0 Å². The molecule has 3 heteroatoms. The summed E-state index contributed by atoms with van der Waals surface area (Å²) in [6.45, 7) is 7.57. The summed E-state index contributed by atoms with van der Waals surface area (Å²) in [5.74, 6) is -0.346. The number of amides is 1. The van der Waals surface area contributed by atoms with Crippen molar-refractivity contribution in [1.82, 2.24) is 5.32 Å². The second-order valence-corrected chi connectivity index (χ2v) is 5.64. The molecular formula is C16H23NO2. The molecule has 19 heavy (non-hydrogen) atoms. The van der Waals surface area contributed by atoms with Gasteiger partial charge in [0, 0.05) is 12.5 Å². The molecule has 1 amide bonds. The first-order valence-electron chi connectivity index (χ1n) is 6.72. The van der Waals surface area contributed by atoms with E-state index in [4.69, 9.17) is 0 Å². The molecule has 0 atom stereocenters. The molecule has 1 N–H and O–H groups in total. The summed E-state index contributed by atoms with van der Waals surface area (Å²) in [5.41, 5.74) is 0.223. The van der Waals surface area contributed by atoms with Crippen LogP contribution in [0.4, 0.5) is 0 Å². The van der Waals surface area contributed by atoms with E-state index < -0.39 is 5.41 Å². The Morgan fingerprint density at radius 1 is 1.16 bits per heavy atom. The highest BCUT2D eigenvalue weighted by Crippen LogP contribution is 2.21. The largest absolute Gasteiger partial charge is 0.355 e. The Morgan fingerprint density at radius 2 is 1.74 bits per heavy atom. The van der Waals surface area contributed by atoms with E-state index in [-0.39, 0.29) is 17.6 Å². The Hall–Kier alpha value is -1.64. The van der Waals surface area contributed by atoms with Gasteiger partial charge in [-0.2, -0.15) is 0 Å². The first kappa shape index (κ1) is 15.4. The number of benzene rings is 1. The van der Waals surface area contributed by atoms with Gasteiger partial charge in [0.2, 0.25) is 5.91 Å². The molecule has 0 spiro atoms. The van der Waals surface area contributed by atoms with Gasteiger partial charge in [0.25, 0.3) is 0 Å². The van der Waals surface area contributed by atoms with Crippen LogP contribution in [0.5, 0.6) is 0 Å². The number of ketones is 1. The zero-order valence-corrected chi connectivity index (χ0v) is 12.2. The number of carbonyl (C=O) groups is 2. The third-order valence-corrected chi connectivity index (χ3v) is 3.25. The Labute approximate surface area is 115 Å². The van der Waals surface area contributed by atoms with Crippen LogP contribution in [-0.4, -0.2) is 18.2 Å². The lowest BCUT2D eigenvalue weighted by molar-refractivity contribution is -0.141. The SMILES string of the molecule is CC(C)C(=O)C(C)(C)C(=O)NCCc1ccccc1. The molecule has 1 aromatic rings. The van der Waals surface area contributed by atoms with Crippen molar-refractivity contribution in [2.24, 2.45) is 11.3 Å². The lowest BCUT2D eigenvalue weighted by Crippen LogP contribution is -2.44. The van der Waals surface area contributed by atoms with E-state index in [9.17, 15) is 9.59 Å². The molecular weight excluding hydrogens is 238 g/mol. The fourth-order valence-electron chi connectivity index (χ4n) is 2.02. The van der Waals surface area contributed by atoms with Crippen LogP contribution in [0, 0.1) is 11.3 Å². The predicted octanol–water partition coefficient (Wildman–Crippen LogP) is 2.60. The van der Waals surface area contributed by atoms with Crippen molar-refractivity contribution in [1.29, 1.82) is 0 Å². The van der Waals surface area contributed by atoms with Gasteiger partial charge in [-0.1, -0.05) is 44.2 Å². The topological polar surface area (TPSA) is 46.2 Å². The van der Waals surface area contributed by atoms with Crippen molar-refractivity contribution in [3.63, 3.8) is 0 Å². The fraction of sp³-hybridized carbons (Fsp3) is 0.500. The molecule has 0 aliphatic heterocycles. The average molecular weight is 261 g/mol. The van der Waals surface area contributed by atoms with Gasteiger partial charge in [-0.25, -0.2) is 0 Å². The Kier molecular flexibility index (Phi) is 5.28. The van der Waals surface area contributed by atoms with E-state index in [2.05, 4.69) is 5.32 Å². The zero-order chi connectivity index (χ0) is 14.5. The minimum atomic E-state index is -0.954. The van der Waals surface area contributed by atoms with E-state index in [1.165, 1.54) is 5.56 Å². The molecule has 0 fully saturated rings. The summed E-state index contributed by atoms with van der Waals surface area (Å²) in [6, 6.07) is 9.96. The summed E-state index contributed by atoms with van der Waals surface area (Å²) in [7, 11) is 0. The van der Waals surface area contributed by atoms with Crippen LogP contribution in [0.25, 0.3) is 0 Å². The standard InChI is InChI=1S/C16H23NO2/c1-12(2)14(18)16(3,4)15(19)17-11-10-13-8-6-5-7-9-13/h5-9,12H,10-11H2,1-4H3,(H,17,19). The van der Waals surface area contributed by atoms with Crippen molar-refractivity contribution >= 4 is 11.7 Å². The highest BCUT2D eigenvalue weighted by molar-refractivity contribution is 6.05. The van der Waals surface area contributed by atoms with E-state index in [1.54, 1.807) is 13.8 Å². The number of Topliss-reactive ketones (excluding diaryl/α,β-unsaturated/α-hetero) is 1. The van der Waals surface area contributed by atoms with Gasteiger partial charge in [0.1, 0.15) is 11.2 Å². The van der Waals surface area contributed by atoms with E-state index in [0.29, 0.717) is 6.54 Å². The summed E-state index contributed by atoms with van der Waals surface area (Å²) < 4.78 is 0. The molecule has 0 unspecified atom stereocenters. The molecule has 0 aromatic heterocycles. The lowest BCUT2D eigenvalue weighted by atomic mass is 9.81. The quantitative estimate of drug-likeness (QED) is 0.800. The second-order valence-electron chi connectivity index (χ2n) is 5.64. The van der Waals surface area contributed by atoms with Crippen molar-refractivity contribution in [3.05, 3.63) is 35.9 Å². The molecule has 104 valence electrons. The molecule has 0 bridgehead atoms. The van der Waals surface area contributed by atoms with Crippen LogP contribution >= 0.6 is 0 Å². The van der Waals surface area contributed by atoms with E-state index >= 15 is 0 Å². The van der Waals surface area contributed by atoms with Gasteiger partial charge < -0.3 is 5.32 Å². The Bertz CT molecular complexity index is 435. The highest BCUT2D eigenvalue weighted by Gasteiger charge is 2.36. The monoisotopic (exact) mass is 261 g/mol. The van der Waals surface area contributed by atoms with Crippen LogP contribution in [-0.2, 0) is 16.0 Å². The second kappa shape index (κ2) is 6.50. The molecule has 3 nitrogen and oxygen atoms in total. The highest BCUT2D eigenvalue weighted by atomic mass is 16.2. The van der Waals surface area contributed by atoms with Crippen LogP contribution in [0.2, 0.25) is 0 Å². The van der Waals surface area contributed by atoms with Crippen LogP contribution in [0.1, 0.15) is 33.3 Å². The van der Waals surface area contributed by atoms with E-state index in [0.717, 1.165) is 6.42 Å². The Morgan fingerprint density at radius 3 is 2.26 bits per heavy atom. The first-order valence-corrected chi connectivity index (χ1v) is 6.72. The average Bonchev–Trinajstić information content (AvgIpc) is 2.38. The summed E-state index contributed by atoms with van der Waals surface area (Å²) >= 11 is 0. The van der Waals surface area contributed by atoms with Gasteiger partial charge in [0.05, 0.1) is 0 Å². The minimum Gasteiger partial charge on any atom is -0.355 e. The Balaban J connectivity index is 2.49. The molecule has 0 aliphatic carbocycles. The van der Waals surface area contributed by atoms with Crippen LogP contribution < -0.4 is 5.32 Å². The minimum absolute atomic E-state index is 0.0234. The number of nitrogens with one attached hydrogen (secondary N) is 1. The molecule has 0 heterocycles. The van der Waals surface area contributed by atoms with Gasteiger partial charge in [-0.15, -0.1) is 0 Å². The third-order valence-electron chi connectivity index (χ3n) is 3.25. The lowest BCUT2D eigenvalue weighted by Gasteiger charge is -2.24. The maximum atomic E-state index is 12.1. The summed E-state index contributed by atoms with van der Waals surface area (Å²) in [4.78, 5) is 24.0. The zero-order valence-electron chi connectivity index (χ0n) is 12.2. The molecule has 1 rings (SSSR count). The summed E-state index contributed by atoms with van der Waals surface area (Å²) in [6.07, 6.45) is 0.776. The van der Waals surface area contributed by atoms with Gasteiger partial charge in [-0.3, -0.25) is 9.59 Å². The van der Waals surface area contributed by atoms with Gasteiger partial charge in [-0.05, 0) is 25.8 Å². The smallest absolute Gasteiger partial charge is 0.233 e. The van der Waals surface area contributed by atoms with Gasteiger partial charge in [0.15, 0.2) is 0 Å². The van der Waals surface area contributed by atoms with Crippen molar-refractivity contribution in [2.45, 2.75) is 34.1 Å². The van der Waals surface area contributed by atoms with Crippen molar-refractivity contribution in [2.75, 3.05) is 6.54 Å². The van der Waals surface area contributed by atoms with Crippen LogP contribution in [0.15, 0.2) is 30.3 Å². The molecule has 0 saturated heterocycles.